The first kappa shape index (κ1) is 14.3. The standard InChI is InChI=1S/C15H31N3/c1-15(2,13-5-4-6-13)12-17-8-7-14-11-16-9-10-18(14)3/h13-14,16-17H,4-12H2,1-3H3. The summed E-state index contributed by atoms with van der Waals surface area (Å²) >= 11 is 0. The van der Waals surface area contributed by atoms with E-state index in [1.54, 1.807) is 0 Å². The second kappa shape index (κ2) is 6.36. The molecule has 2 fully saturated rings. The van der Waals surface area contributed by atoms with Crippen LogP contribution in [0.25, 0.3) is 0 Å². The van der Waals surface area contributed by atoms with E-state index >= 15 is 0 Å². The van der Waals surface area contributed by atoms with Crippen LogP contribution in [0.5, 0.6) is 0 Å². The van der Waals surface area contributed by atoms with Gasteiger partial charge in [0.1, 0.15) is 0 Å². The second-order valence-corrected chi connectivity index (χ2v) is 6.92. The van der Waals surface area contributed by atoms with Crippen LogP contribution in [0.2, 0.25) is 0 Å². The van der Waals surface area contributed by atoms with Gasteiger partial charge in [-0.05, 0) is 44.2 Å². The first-order valence-electron chi connectivity index (χ1n) is 7.71. The fourth-order valence-corrected chi connectivity index (χ4v) is 3.20. The average Bonchev–Trinajstić information content (AvgIpc) is 2.23. The summed E-state index contributed by atoms with van der Waals surface area (Å²) in [6.45, 7) is 10.7. The first-order chi connectivity index (χ1) is 8.59. The van der Waals surface area contributed by atoms with E-state index in [1.165, 1.54) is 38.8 Å². The summed E-state index contributed by atoms with van der Waals surface area (Å²) in [4.78, 5) is 2.50. The molecule has 0 aromatic carbocycles. The number of likely N-dealkylation sites (N-methyl/N-ethyl adjacent to an activating group) is 1. The molecular formula is C15H31N3. The van der Waals surface area contributed by atoms with E-state index in [-0.39, 0.29) is 0 Å². The number of nitrogens with one attached hydrogen (secondary N) is 2. The molecule has 0 bridgehead atoms. The molecule has 1 unspecified atom stereocenters. The molecule has 106 valence electrons. The van der Waals surface area contributed by atoms with E-state index < -0.39 is 0 Å². The highest BCUT2D eigenvalue weighted by atomic mass is 15.2. The summed E-state index contributed by atoms with van der Waals surface area (Å²) in [5.74, 6) is 0.962. The minimum atomic E-state index is 0.495. The van der Waals surface area contributed by atoms with Crippen LogP contribution in [0.4, 0.5) is 0 Å². The van der Waals surface area contributed by atoms with E-state index in [1.807, 2.05) is 0 Å². The lowest BCUT2D eigenvalue weighted by Crippen LogP contribution is -2.50. The lowest BCUT2D eigenvalue weighted by Gasteiger charge is -2.41. The van der Waals surface area contributed by atoms with E-state index in [9.17, 15) is 0 Å². The van der Waals surface area contributed by atoms with Crippen LogP contribution in [0.3, 0.4) is 0 Å². The lowest BCUT2D eigenvalue weighted by atomic mass is 9.67. The monoisotopic (exact) mass is 253 g/mol. The summed E-state index contributed by atoms with van der Waals surface area (Å²) in [6, 6.07) is 0.720. The van der Waals surface area contributed by atoms with Crippen LogP contribution in [0.15, 0.2) is 0 Å². The summed E-state index contributed by atoms with van der Waals surface area (Å²) in [5, 5.41) is 7.18. The summed E-state index contributed by atoms with van der Waals surface area (Å²) < 4.78 is 0. The van der Waals surface area contributed by atoms with E-state index in [2.05, 4.69) is 36.4 Å². The molecule has 2 aliphatic rings. The van der Waals surface area contributed by atoms with E-state index in [0.717, 1.165) is 31.6 Å². The third-order valence-corrected chi connectivity index (χ3v) is 5.09. The Morgan fingerprint density at radius 2 is 2.11 bits per heavy atom. The topological polar surface area (TPSA) is 27.3 Å². The van der Waals surface area contributed by atoms with Crippen molar-refractivity contribution in [2.45, 2.75) is 45.6 Å². The van der Waals surface area contributed by atoms with E-state index in [4.69, 9.17) is 0 Å². The van der Waals surface area contributed by atoms with Crippen LogP contribution in [0, 0.1) is 11.3 Å². The molecule has 1 atom stereocenters. The van der Waals surface area contributed by atoms with Gasteiger partial charge in [0.25, 0.3) is 0 Å². The molecule has 1 saturated heterocycles. The quantitative estimate of drug-likeness (QED) is 0.706. The molecule has 3 heteroatoms. The Kier molecular flexibility index (Phi) is 5.05. The molecule has 3 nitrogen and oxygen atoms in total. The molecule has 0 spiro atoms. The van der Waals surface area contributed by atoms with Crippen molar-refractivity contribution in [2.24, 2.45) is 11.3 Å². The largest absolute Gasteiger partial charge is 0.316 e. The van der Waals surface area contributed by atoms with Gasteiger partial charge < -0.3 is 15.5 Å². The number of hydrogen-bond acceptors (Lipinski definition) is 3. The highest BCUT2D eigenvalue weighted by molar-refractivity contribution is 4.86. The first-order valence-corrected chi connectivity index (χ1v) is 7.71. The van der Waals surface area contributed by atoms with Gasteiger partial charge in [-0.2, -0.15) is 0 Å². The fraction of sp³-hybridized carbons (Fsp3) is 1.00. The minimum absolute atomic E-state index is 0.495. The van der Waals surface area contributed by atoms with Gasteiger partial charge in [0, 0.05) is 32.2 Å². The van der Waals surface area contributed by atoms with Gasteiger partial charge in [-0.15, -0.1) is 0 Å². The van der Waals surface area contributed by atoms with Gasteiger partial charge in [-0.25, -0.2) is 0 Å². The number of nitrogens with zero attached hydrogens (tertiary/aromatic N) is 1. The van der Waals surface area contributed by atoms with Crippen molar-refractivity contribution in [1.82, 2.24) is 15.5 Å². The smallest absolute Gasteiger partial charge is 0.0230 e. The normalized spacial score (nSPS) is 27.2. The Hall–Kier alpha value is -0.120. The molecule has 0 aromatic rings. The van der Waals surface area contributed by atoms with Gasteiger partial charge in [0.15, 0.2) is 0 Å². The van der Waals surface area contributed by atoms with Crippen molar-refractivity contribution in [1.29, 1.82) is 0 Å². The molecular weight excluding hydrogens is 222 g/mol. The van der Waals surface area contributed by atoms with Crippen molar-refractivity contribution in [3.05, 3.63) is 0 Å². The Balaban J connectivity index is 1.60. The van der Waals surface area contributed by atoms with Crippen LogP contribution in [-0.2, 0) is 0 Å². The van der Waals surface area contributed by atoms with Gasteiger partial charge in [-0.1, -0.05) is 20.3 Å². The predicted molar refractivity (Wildman–Crippen MR) is 77.9 cm³/mol. The highest BCUT2D eigenvalue weighted by Gasteiger charge is 2.33. The van der Waals surface area contributed by atoms with Crippen LogP contribution in [0.1, 0.15) is 39.5 Å². The SMILES string of the molecule is CN1CCNCC1CCNCC(C)(C)C1CCC1. The van der Waals surface area contributed by atoms with Crippen LogP contribution in [-0.4, -0.2) is 50.7 Å². The third-order valence-electron chi connectivity index (χ3n) is 5.09. The second-order valence-electron chi connectivity index (χ2n) is 6.92. The molecule has 2 rings (SSSR count). The van der Waals surface area contributed by atoms with Crippen molar-refractivity contribution >= 4 is 0 Å². The van der Waals surface area contributed by atoms with E-state index in [0.29, 0.717) is 5.41 Å². The Morgan fingerprint density at radius 1 is 1.33 bits per heavy atom. The predicted octanol–water partition coefficient (Wildman–Crippen LogP) is 1.70. The Bertz CT molecular complexity index is 248. The zero-order chi connectivity index (χ0) is 13.0. The summed E-state index contributed by atoms with van der Waals surface area (Å²) in [7, 11) is 2.25. The Labute approximate surface area is 113 Å². The van der Waals surface area contributed by atoms with Crippen LogP contribution >= 0.6 is 0 Å². The summed E-state index contributed by atoms with van der Waals surface area (Å²) in [6.07, 6.45) is 5.62. The molecule has 0 amide bonds. The lowest BCUT2D eigenvalue weighted by molar-refractivity contribution is 0.117. The minimum Gasteiger partial charge on any atom is -0.316 e. The zero-order valence-corrected chi connectivity index (χ0v) is 12.5. The molecule has 18 heavy (non-hydrogen) atoms. The molecule has 0 radical (unpaired) electrons. The maximum Gasteiger partial charge on any atom is 0.0230 e. The Morgan fingerprint density at radius 3 is 2.72 bits per heavy atom. The number of piperazine rings is 1. The van der Waals surface area contributed by atoms with Crippen molar-refractivity contribution < 1.29 is 0 Å². The van der Waals surface area contributed by atoms with Gasteiger partial charge in [-0.3, -0.25) is 0 Å². The van der Waals surface area contributed by atoms with Gasteiger partial charge in [0.2, 0.25) is 0 Å². The highest BCUT2D eigenvalue weighted by Crippen LogP contribution is 2.41. The number of rotatable bonds is 6. The third kappa shape index (κ3) is 3.69. The van der Waals surface area contributed by atoms with Crippen molar-refractivity contribution in [3.63, 3.8) is 0 Å². The fourth-order valence-electron chi connectivity index (χ4n) is 3.20. The van der Waals surface area contributed by atoms with Gasteiger partial charge >= 0.3 is 0 Å². The average molecular weight is 253 g/mol. The maximum absolute atomic E-state index is 3.69. The zero-order valence-electron chi connectivity index (χ0n) is 12.5. The maximum atomic E-state index is 3.69. The summed E-state index contributed by atoms with van der Waals surface area (Å²) in [5.41, 5.74) is 0.495. The molecule has 1 saturated carbocycles. The molecule has 2 N–H and O–H groups in total. The molecule has 1 heterocycles. The molecule has 1 aliphatic carbocycles. The number of hydrogen-bond donors (Lipinski definition) is 2. The van der Waals surface area contributed by atoms with Crippen LogP contribution < -0.4 is 10.6 Å². The molecule has 0 aromatic heterocycles. The van der Waals surface area contributed by atoms with Gasteiger partial charge in [0.05, 0.1) is 0 Å². The molecule has 1 aliphatic heterocycles. The van der Waals surface area contributed by atoms with Crippen molar-refractivity contribution in [3.8, 4) is 0 Å². The van der Waals surface area contributed by atoms with Crippen molar-refractivity contribution in [2.75, 3.05) is 39.8 Å².